The van der Waals surface area contributed by atoms with Crippen molar-refractivity contribution in [1.29, 1.82) is 0 Å². The fraction of sp³-hybridized carbons (Fsp3) is 0.500. The molecule has 0 saturated carbocycles. The van der Waals surface area contributed by atoms with Gasteiger partial charge in [-0.2, -0.15) is 0 Å². The third-order valence-electron chi connectivity index (χ3n) is 3.47. The fourth-order valence-corrected chi connectivity index (χ4v) is 2.32. The Balaban J connectivity index is 1.72. The molecule has 1 aromatic carbocycles. The Morgan fingerprint density at radius 3 is 2.84 bits per heavy atom. The van der Waals surface area contributed by atoms with Crippen LogP contribution in [-0.4, -0.2) is 44.7 Å². The molecule has 0 aliphatic carbocycles. The Labute approximate surface area is 116 Å². The van der Waals surface area contributed by atoms with Crippen LogP contribution in [0.15, 0.2) is 30.3 Å². The lowest BCUT2D eigenvalue weighted by molar-refractivity contribution is 0.298. The lowest BCUT2D eigenvalue weighted by Gasteiger charge is -2.17. The normalized spacial score (nSPS) is 17.5. The summed E-state index contributed by atoms with van der Waals surface area (Å²) < 4.78 is 5.15. The molecule has 0 radical (unpaired) electrons. The van der Waals surface area contributed by atoms with Gasteiger partial charge in [-0.15, -0.1) is 0 Å². The maximum absolute atomic E-state index is 5.15. The van der Waals surface area contributed by atoms with Crippen LogP contribution >= 0.6 is 0 Å². The lowest BCUT2D eigenvalue weighted by Crippen LogP contribution is -2.28. The Morgan fingerprint density at radius 2 is 2.05 bits per heavy atom. The van der Waals surface area contributed by atoms with Crippen molar-refractivity contribution in [2.24, 2.45) is 0 Å². The van der Waals surface area contributed by atoms with Gasteiger partial charge in [-0.3, -0.25) is 0 Å². The van der Waals surface area contributed by atoms with Crippen LogP contribution in [0, 0.1) is 0 Å². The van der Waals surface area contributed by atoms with Crippen molar-refractivity contribution in [3.8, 4) is 5.75 Å². The monoisotopic (exact) mass is 260 g/mol. The summed E-state index contributed by atoms with van der Waals surface area (Å²) >= 11 is 0. The summed E-state index contributed by atoms with van der Waals surface area (Å²) in [4.78, 5) is 2.54. The summed E-state index contributed by atoms with van der Waals surface area (Å²) in [6.45, 7) is 5.86. The first kappa shape index (κ1) is 14.1. The first-order chi connectivity index (χ1) is 9.38. The zero-order valence-corrected chi connectivity index (χ0v) is 11.8. The van der Waals surface area contributed by atoms with E-state index in [1.54, 1.807) is 7.11 Å². The molecule has 0 unspecified atom stereocenters. The summed E-state index contributed by atoms with van der Waals surface area (Å²) in [5.41, 5.74) is 1.23. The number of rotatable bonds is 5. The summed E-state index contributed by atoms with van der Waals surface area (Å²) in [5.74, 6) is 0.911. The van der Waals surface area contributed by atoms with Gasteiger partial charge in [0.15, 0.2) is 0 Å². The number of benzene rings is 1. The number of nitrogens with zero attached hydrogens (tertiary/aromatic N) is 1. The molecule has 1 heterocycles. The predicted molar refractivity (Wildman–Crippen MR) is 80.6 cm³/mol. The van der Waals surface area contributed by atoms with E-state index in [1.807, 2.05) is 12.1 Å². The van der Waals surface area contributed by atoms with Crippen molar-refractivity contribution in [2.75, 3.05) is 39.8 Å². The van der Waals surface area contributed by atoms with Gasteiger partial charge in [0.05, 0.1) is 7.11 Å². The van der Waals surface area contributed by atoms with E-state index in [0.717, 1.165) is 31.8 Å². The number of methoxy groups -OCH3 is 1. The Kier molecular flexibility index (Phi) is 5.92. The van der Waals surface area contributed by atoms with E-state index >= 15 is 0 Å². The van der Waals surface area contributed by atoms with Gasteiger partial charge in [0.2, 0.25) is 0 Å². The lowest BCUT2D eigenvalue weighted by atomic mass is 10.2. The average Bonchev–Trinajstić information content (AvgIpc) is 2.73. The molecule has 0 bridgehead atoms. The highest BCUT2D eigenvalue weighted by Crippen LogP contribution is 2.12. The summed E-state index contributed by atoms with van der Waals surface area (Å²) in [6.07, 6.45) is 6.84. The van der Waals surface area contributed by atoms with E-state index in [4.69, 9.17) is 4.74 Å². The Morgan fingerprint density at radius 1 is 1.21 bits per heavy atom. The Bertz CT molecular complexity index is 378. The maximum atomic E-state index is 5.15. The van der Waals surface area contributed by atoms with Gasteiger partial charge >= 0.3 is 0 Å². The largest absolute Gasteiger partial charge is 0.497 e. The first-order valence-corrected chi connectivity index (χ1v) is 7.12. The Hall–Kier alpha value is -1.32. The number of ether oxygens (including phenoxy) is 1. The molecule has 0 spiro atoms. The van der Waals surface area contributed by atoms with E-state index in [9.17, 15) is 0 Å². The minimum absolute atomic E-state index is 0.911. The van der Waals surface area contributed by atoms with E-state index < -0.39 is 0 Å². The predicted octanol–water partition coefficient (Wildman–Crippen LogP) is 2.39. The molecule has 1 aliphatic heterocycles. The quantitative estimate of drug-likeness (QED) is 0.880. The van der Waals surface area contributed by atoms with Crippen molar-refractivity contribution in [1.82, 2.24) is 10.2 Å². The molecule has 0 amide bonds. The molecule has 1 aromatic rings. The van der Waals surface area contributed by atoms with Crippen LogP contribution in [0.1, 0.15) is 18.4 Å². The molecule has 1 saturated heterocycles. The van der Waals surface area contributed by atoms with Crippen molar-refractivity contribution < 1.29 is 4.74 Å². The van der Waals surface area contributed by atoms with Gasteiger partial charge < -0.3 is 15.0 Å². The van der Waals surface area contributed by atoms with Crippen LogP contribution in [0.25, 0.3) is 6.08 Å². The van der Waals surface area contributed by atoms with Crippen molar-refractivity contribution in [2.45, 2.75) is 12.8 Å². The number of nitrogens with one attached hydrogen (secondary N) is 1. The number of hydrogen-bond donors (Lipinski definition) is 1. The summed E-state index contributed by atoms with van der Waals surface area (Å²) in [5, 5.41) is 3.43. The molecule has 1 aliphatic rings. The standard InChI is InChI=1S/C16H24N2O/c1-19-16-8-6-15(7-9-16)5-2-3-12-18-13-4-10-17-11-14-18/h2,5-9,17H,3-4,10-14H2,1H3/b5-2+. The molecular weight excluding hydrogens is 236 g/mol. The summed E-state index contributed by atoms with van der Waals surface area (Å²) in [7, 11) is 1.70. The highest BCUT2D eigenvalue weighted by molar-refractivity contribution is 5.50. The van der Waals surface area contributed by atoms with Crippen LogP contribution < -0.4 is 10.1 Å². The second kappa shape index (κ2) is 7.97. The molecule has 2 rings (SSSR count). The van der Waals surface area contributed by atoms with Gasteiger partial charge in [0.25, 0.3) is 0 Å². The minimum Gasteiger partial charge on any atom is -0.497 e. The fourth-order valence-electron chi connectivity index (χ4n) is 2.32. The molecule has 1 fully saturated rings. The van der Waals surface area contributed by atoms with Crippen LogP contribution in [0.4, 0.5) is 0 Å². The minimum atomic E-state index is 0.911. The van der Waals surface area contributed by atoms with E-state index in [0.29, 0.717) is 0 Å². The van der Waals surface area contributed by atoms with E-state index in [2.05, 4.69) is 34.5 Å². The zero-order chi connectivity index (χ0) is 13.3. The molecule has 3 heteroatoms. The second-order valence-corrected chi connectivity index (χ2v) is 4.91. The second-order valence-electron chi connectivity index (χ2n) is 4.91. The van der Waals surface area contributed by atoms with Crippen LogP contribution in [0.5, 0.6) is 5.75 Å². The van der Waals surface area contributed by atoms with Crippen molar-refractivity contribution in [3.63, 3.8) is 0 Å². The summed E-state index contributed by atoms with van der Waals surface area (Å²) in [6, 6.07) is 8.18. The first-order valence-electron chi connectivity index (χ1n) is 7.12. The van der Waals surface area contributed by atoms with Crippen molar-refractivity contribution in [3.05, 3.63) is 35.9 Å². The highest BCUT2D eigenvalue weighted by Gasteiger charge is 2.06. The number of hydrogen-bond acceptors (Lipinski definition) is 3. The highest BCUT2D eigenvalue weighted by atomic mass is 16.5. The van der Waals surface area contributed by atoms with Gasteiger partial charge in [-0.25, -0.2) is 0 Å². The third kappa shape index (κ3) is 5.05. The average molecular weight is 260 g/mol. The topological polar surface area (TPSA) is 24.5 Å². The molecule has 0 aromatic heterocycles. The van der Waals surface area contributed by atoms with Gasteiger partial charge in [-0.1, -0.05) is 24.3 Å². The molecular formula is C16H24N2O. The van der Waals surface area contributed by atoms with Gasteiger partial charge in [0, 0.05) is 19.6 Å². The zero-order valence-electron chi connectivity index (χ0n) is 11.8. The van der Waals surface area contributed by atoms with E-state index in [1.165, 1.54) is 25.1 Å². The maximum Gasteiger partial charge on any atom is 0.118 e. The molecule has 19 heavy (non-hydrogen) atoms. The third-order valence-corrected chi connectivity index (χ3v) is 3.47. The van der Waals surface area contributed by atoms with Crippen LogP contribution in [0.3, 0.4) is 0 Å². The van der Waals surface area contributed by atoms with Gasteiger partial charge in [0.1, 0.15) is 5.75 Å². The van der Waals surface area contributed by atoms with Gasteiger partial charge in [-0.05, 0) is 43.6 Å². The van der Waals surface area contributed by atoms with Crippen LogP contribution in [-0.2, 0) is 0 Å². The molecule has 0 atom stereocenters. The van der Waals surface area contributed by atoms with Crippen LogP contribution in [0.2, 0.25) is 0 Å². The molecule has 104 valence electrons. The van der Waals surface area contributed by atoms with E-state index in [-0.39, 0.29) is 0 Å². The molecule has 1 N–H and O–H groups in total. The SMILES string of the molecule is COc1ccc(/C=C/CCN2CCCNCC2)cc1. The molecule has 3 nitrogen and oxygen atoms in total. The van der Waals surface area contributed by atoms with Crippen molar-refractivity contribution >= 4 is 6.08 Å². The smallest absolute Gasteiger partial charge is 0.118 e.